The zero-order valence-electron chi connectivity index (χ0n) is 18.8. The van der Waals surface area contributed by atoms with Crippen molar-refractivity contribution in [3.05, 3.63) is 78.8 Å². The Labute approximate surface area is 195 Å². The molecule has 0 spiro atoms. The number of hydrogen-bond acceptors (Lipinski definition) is 7. The predicted octanol–water partition coefficient (Wildman–Crippen LogP) is 4.78. The van der Waals surface area contributed by atoms with Crippen molar-refractivity contribution >= 4 is 11.0 Å². The largest absolute Gasteiger partial charge is 0.491 e. The number of hydrogen-bond donors (Lipinski definition) is 0. The Morgan fingerprint density at radius 3 is 2.59 bits per heavy atom. The molecule has 170 valence electrons. The molecular formula is C25H21FN6O2. The average Bonchev–Trinajstić information content (AvgIpc) is 3.25. The maximum atomic E-state index is 14.2. The summed E-state index contributed by atoms with van der Waals surface area (Å²) in [6.07, 6.45) is 4.11. The van der Waals surface area contributed by atoms with Gasteiger partial charge in [0.1, 0.15) is 29.3 Å². The van der Waals surface area contributed by atoms with Gasteiger partial charge in [0.2, 0.25) is 5.95 Å². The Kier molecular flexibility index (Phi) is 5.59. The molecule has 8 nitrogen and oxygen atoms in total. The molecule has 4 heterocycles. The van der Waals surface area contributed by atoms with Crippen LogP contribution in [0.5, 0.6) is 11.6 Å². The Balaban J connectivity index is 1.64. The average molecular weight is 456 g/mol. The van der Waals surface area contributed by atoms with Gasteiger partial charge >= 0.3 is 0 Å². The van der Waals surface area contributed by atoms with Crippen molar-refractivity contribution in [1.82, 2.24) is 29.7 Å². The fourth-order valence-corrected chi connectivity index (χ4v) is 3.78. The van der Waals surface area contributed by atoms with Crippen LogP contribution in [-0.4, -0.2) is 36.8 Å². The van der Waals surface area contributed by atoms with Gasteiger partial charge in [-0.3, -0.25) is 4.68 Å². The normalized spacial score (nSPS) is 12.0. The summed E-state index contributed by atoms with van der Waals surface area (Å²) in [5.74, 6) is -0.0173. The van der Waals surface area contributed by atoms with E-state index < -0.39 is 12.1 Å². The fourth-order valence-electron chi connectivity index (χ4n) is 3.78. The Morgan fingerprint density at radius 2 is 1.82 bits per heavy atom. The predicted molar refractivity (Wildman–Crippen MR) is 125 cm³/mol. The summed E-state index contributed by atoms with van der Waals surface area (Å²) in [6, 6.07) is 14.9. The number of ether oxygens (including phenoxy) is 2. The minimum atomic E-state index is -0.654. The minimum Gasteiger partial charge on any atom is -0.491 e. The lowest BCUT2D eigenvalue weighted by Gasteiger charge is -2.17. The van der Waals surface area contributed by atoms with Gasteiger partial charge in [-0.2, -0.15) is 9.49 Å². The van der Waals surface area contributed by atoms with Gasteiger partial charge in [-0.25, -0.2) is 19.9 Å². The number of benzene rings is 1. The Hall–Kier alpha value is -4.40. The molecule has 5 rings (SSSR count). The second-order valence-electron chi connectivity index (χ2n) is 7.66. The van der Waals surface area contributed by atoms with Crippen LogP contribution >= 0.6 is 0 Å². The van der Waals surface area contributed by atoms with Gasteiger partial charge in [-0.1, -0.05) is 30.3 Å². The molecule has 0 bridgehead atoms. The monoisotopic (exact) mass is 456 g/mol. The molecule has 34 heavy (non-hydrogen) atoms. The number of rotatable bonds is 6. The minimum absolute atomic E-state index is 0.201. The first-order valence-corrected chi connectivity index (χ1v) is 10.6. The lowest BCUT2D eigenvalue weighted by atomic mass is 10.0. The topological polar surface area (TPSA) is 87.8 Å². The van der Waals surface area contributed by atoms with Gasteiger partial charge in [-0.05, 0) is 19.1 Å². The van der Waals surface area contributed by atoms with Crippen molar-refractivity contribution in [2.45, 2.75) is 13.0 Å². The van der Waals surface area contributed by atoms with E-state index in [9.17, 15) is 4.39 Å². The van der Waals surface area contributed by atoms with Gasteiger partial charge in [0.25, 0.3) is 5.88 Å². The Bertz CT molecular complexity index is 1470. The first kappa shape index (κ1) is 21.4. The molecule has 0 aliphatic heterocycles. The van der Waals surface area contributed by atoms with Crippen molar-refractivity contribution in [3.8, 4) is 34.1 Å². The molecule has 0 saturated carbocycles. The van der Waals surface area contributed by atoms with Crippen LogP contribution in [-0.2, 0) is 7.05 Å². The van der Waals surface area contributed by atoms with Crippen LogP contribution in [0.2, 0.25) is 0 Å². The summed E-state index contributed by atoms with van der Waals surface area (Å²) < 4.78 is 27.5. The van der Waals surface area contributed by atoms with Gasteiger partial charge < -0.3 is 9.47 Å². The van der Waals surface area contributed by atoms with E-state index in [1.807, 2.05) is 43.6 Å². The van der Waals surface area contributed by atoms with Crippen LogP contribution < -0.4 is 9.47 Å². The van der Waals surface area contributed by atoms with E-state index in [1.54, 1.807) is 29.8 Å². The summed E-state index contributed by atoms with van der Waals surface area (Å²) in [4.78, 5) is 17.3. The lowest BCUT2D eigenvalue weighted by molar-refractivity contribution is 0.201. The van der Waals surface area contributed by atoms with Gasteiger partial charge in [-0.15, -0.1) is 0 Å². The van der Waals surface area contributed by atoms with Crippen LogP contribution in [0.15, 0.2) is 67.3 Å². The number of pyridine rings is 2. The number of fused-ring (bicyclic) bond motifs is 1. The van der Waals surface area contributed by atoms with Crippen LogP contribution in [0.4, 0.5) is 4.39 Å². The SMILES string of the molecule is COc1cc2ncnc(-c3cn(C)nc3-c3ccccc3)c2nc1OC(C)c1cccnc1F. The van der Waals surface area contributed by atoms with Crippen LogP contribution in [0.1, 0.15) is 18.6 Å². The highest BCUT2D eigenvalue weighted by Gasteiger charge is 2.21. The molecule has 0 radical (unpaired) electrons. The molecule has 0 fully saturated rings. The zero-order chi connectivity index (χ0) is 23.7. The maximum absolute atomic E-state index is 14.2. The van der Waals surface area contributed by atoms with Crippen LogP contribution in [0.3, 0.4) is 0 Å². The molecule has 0 N–H and O–H groups in total. The molecule has 0 saturated heterocycles. The van der Waals surface area contributed by atoms with E-state index in [2.05, 4.69) is 20.1 Å². The van der Waals surface area contributed by atoms with Crippen LogP contribution in [0.25, 0.3) is 33.5 Å². The van der Waals surface area contributed by atoms with Crippen molar-refractivity contribution in [3.63, 3.8) is 0 Å². The van der Waals surface area contributed by atoms with Gasteiger partial charge in [0.15, 0.2) is 5.75 Å². The van der Waals surface area contributed by atoms with Crippen molar-refractivity contribution < 1.29 is 13.9 Å². The van der Waals surface area contributed by atoms with Gasteiger partial charge in [0, 0.05) is 42.2 Å². The van der Waals surface area contributed by atoms with E-state index in [1.165, 1.54) is 19.6 Å². The molecule has 0 amide bonds. The molecule has 0 aliphatic rings. The highest BCUT2D eigenvalue weighted by atomic mass is 19.1. The summed E-state index contributed by atoms with van der Waals surface area (Å²) in [5.41, 5.74) is 4.54. The highest BCUT2D eigenvalue weighted by Crippen LogP contribution is 2.37. The van der Waals surface area contributed by atoms with Crippen molar-refractivity contribution in [2.75, 3.05) is 7.11 Å². The first-order chi connectivity index (χ1) is 16.5. The van der Waals surface area contributed by atoms with Crippen molar-refractivity contribution in [1.29, 1.82) is 0 Å². The highest BCUT2D eigenvalue weighted by molar-refractivity contribution is 5.94. The zero-order valence-corrected chi connectivity index (χ0v) is 18.8. The lowest BCUT2D eigenvalue weighted by Crippen LogP contribution is -2.09. The molecule has 1 atom stereocenters. The standard InChI is InChI=1S/C25H21FN6O2/c1-15(17-10-7-11-27-24(17)26)34-25-20(33-3)12-19-23(30-25)22(29-14-28-19)18-13-32(2)31-21(18)16-8-5-4-6-9-16/h4-15H,1-3H3. The molecule has 1 unspecified atom stereocenters. The second kappa shape index (κ2) is 8.86. The van der Waals surface area contributed by atoms with E-state index >= 15 is 0 Å². The molecule has 0 aliphatic carbocycles. The third-order valence-corrected chi connectivity index (χ3v) is 5.41. The van der Waals surface area contributed by atoms with Gasteiger partial charge in [0.05, 0.1) is 12.6 Å². The maximum Gasteiger partial charge on any atom is 0.258 e. The number of methoxy groups -OCH3 is 1. The third kappa shape index (κ3) is 3.92. The van der Waals surface area contributed by atoms with E-state index in [4.69, 9.17) is 14.5 Å². The molecule has 4 aromatic heterocycles. The van der Waals surface area contributed by atoms with E-state index in [-0.39, 0.29) is 5.88 Å². The van der Waals surface area contributed by atoms with E-state index in [0.717, 1.165) is 16.8 Å². The molecule has 1 aromatic carbocycles. The number of aryl methyl sites for hydroxylation is 1. The van der Waals surface area contributed by atoms with Crippen LogP contribution in [0, 0.1) is 5.95 Å². The number of aromatic nitrogens is 6. The molecule has 5 aromatic rings. The molecular weight excluding hydrogens is 435 g/mol. The quantitative estimate of drug-likeness (QED) is 0.340. The second-order valence-corrected chi connectivity index (χ2v) is 7.66. The van der Waals surface area contributed by atoms with E-state index in [0.29, 0.717) is 28.0 Å². The summed E-state index contributed by atoms with van der Waals surface area (Å²) in [5, 5.41) is 4.64. The first-order valence-electron chi connectivity index (χ1n) is 10.6. The Morgan fingerprint density at radius 1 is 1.00 bits per heavy atom. The van der Waals surface area contributed by atoms with Crippen molar-refractivity contribution in [2.24, 2.45) is 7.05 Å². The fraction of sp³-hybridized carbons (Fsp3) is 0.160. The summed E-state index contributed by atoms with van der Waals surface area (Å²) in [7, 11) is 3.37. The summed E-state index contributed by atoms with van der Waals surface area (Å²) >= 11 is 0. The summed E-state index contributed by atoms with van der Waals surface area (Å²) in [6.45, 7) is 1.72. The number of nitrogens with zero attached hydrogens (tertiary/aromatic N) is 6. The molecule has 9 heteroatoms. The third-order valence-electron chi connectivity index (χ3n) is 5.41. The smallest absolute Gasteiger partial charge is 0.258 e. The number of halogens is 1.